The van der Waals surface area contributed by atoms with Crippen molar-refractivity contribution in [3.63, 3.8) is 0 Å². The van der Waals surface area contributed by atoms with E-state index in [4.69, 9.17) is 4.74 Å². The highest BCUT2D eigenvalue weighted by molar-refractivity contribution is 7.89. The fourth-order valence-corrected chi connectivity index (χ4v) is 3.88. The van der Waals surface area contributed by atoms with Gasteiger partial charge < -0.3 is 4.74 Å². The average Bonchev–Trinajstić information content (AvgIpc) is 2.36. The zero-order valence-corrected chi connectivity index (χ0v) is 12.4. The molecule has 21 heavy (non-hydrogen) atoms. The van der Waals surface area contributed by atoms with Crippen LogP contribution in [0.5, 0.6) is 0 Å². The highest BCUT2D eigenvalue weighted by Gasteiger charge is 2.34. The highest BCUT2D eigenvalue weighted by Crippen LogP contribution is 2.30. The van der Waals surface area contributed by atoms with E-state index < -0.39 is 21.8 Å². The Morgan fingerprint density at radius 3 is 2.00 bits per heavy atom. The predicted molar refractivity (Wildman–Crippen MR) is 70.2 cm³/mol. The number of morpholine rings is 1. The van der Waals surface area contributed by atoms with Gasteiger partial charge in [0.15, 0.2) is 0 Å². The largest absolute Gasteiger partial charge is 0.416 e. The first-order valence-electron chi connectivity index (χ1n) is 6.43. The highest BCUT2D eigenvalue weighted by atomic mass is 32.2. The summed E-state index contributed by atoms with van der Waals surface area (Å²) in [5.41, 5.74) is -0.870. The summed E-state index contributed by atoms with van der Waals surface area (Å²) in [6, 6.07) is 3.53. The summed E-state index contributed by atoms with van der Waals surface area (Å²) in [6.07, 6.45) is -4.99. The normalized spacial score (nSPS) is 25.0. The molecule has 8 heteroatoms. The Bertz CT molecular complexity index is 588. The molecular weight excluding hydrogens is 307 g/mol. The van der Waals surface area contributed by atoms with Crippen molar-refractivity contribution < 1.29 is 26.3 Å². The lowest BCUT2D eigenvalue weighted by molar-refractivity contribution is -0.137. The first-order chi connectivity index (χ1) is 9.60. The minimum Gasteiger partial charge on any atom is -0.373 e. The lowest BCUT2D eigenvalue weighted by atomic mass is 10.2. The van der Waals surface area contributed by atoms with E-state index in [1.165, 1.54) is 4.31 Å². The SMILES string of the molecule is CC1CN(S(=O)(=O)c2ccc(C(F)(F)F)cc2)CC(C)O1. The van der Waals surface area contributed by atoms with Gasteiger partial charge in [0.25, 0.3) is 0 Å². The van der Waals surface area contributed by atoms with Gasteiger partial charge in [-0.15, -0.1) is 0 Å². The van der Waals surface area contributed by atoms with Gasteiger partial charge in [-0.25, -0.2) is 8.42 Å². The van der Waals surface area contributed by atoms with Crippen LogP contribution < -0.4 is 0 Å². The predicted octanol–water partition coefficient (Wildman–Crippen LogP) is 2.50. The molecule has 0 amide bonds. The summed E-state index contributed by atoms with van der Waals surface area (Å²) in [6.45, 7) is 3.89. The van der Waals surface area contributed by atoms with Gasteiger partial charge in [-0.3, -0.25) is 0 Å². The number of halogens is 3. The van der Waals surface area contributed by atoms with E-state index >= 15 is 0 Å². The molecule has 2 unspecified atom stereocenters. The zero-order chi connectivity index (χ0) is 15.8. The molecular formula is C13H16F3NO3S. The van der Waals surface area contributed by atoms with Crippen molar-refractivity contribution in [2.45, 2.75) is 37.1 Å². The summed E-state index contributed by atoms with van der Waals surface area (Å²) < 4.78 is 69.0. The van der Waals surface area contributed by atoms with Gasteiger partial charge in [0.05, 0.1) is 22.7 Å². The molecule has 2 atom stereocenters. The van der Waals surface area contributed by atoms with Crippen molar-refractivity contribution in [3.05, 3.63) is 29.8 Å². The Kier molecular flexibility index (Phi) is 4.32. The number of alkyl halides is 3. The monoisotopic (exact) mass is 323 g/mol. The molecule has 0 N–H and O–H groups in total. The number of hydrogen-bond donors (Lipinski definition) is 0. The fraction of sp³-hybridized carbons (Fsp3) is 0.538. The molecule has 4 nitrogen and oxygen atoms in total. The van der Waals surface area contributed by atoms with Gasteiger partial charge in [-0.2, -0.15) is 17.5 Å². The van der Waals surface area contributed by atoms with Crippen molar-refractivity contribution in [2.24, 2.45) is 0 Å². The summed E-state index contributed by atoms with van der Waals surface area (Å²) in [5.74, 6) is 0. The Morgan fingerprint density at radius 1 is 1.10 bits per heavy atom. The first kappa shape index (κ1) is 16.3. The molecule has 0 bridgehead atoms. The maximum Gasteiger partial charge on any atom is 0.416 e. The van der Waals surface area contributed by atoms with Crippen LogP contribution in [-0.4, -0.2) is 38.0 Å². The molecule has 118 valence electrons. The second-order valence-corrected chi connectivity index (χ2v) is 7.04. The quantitative estimate of drug-likeness (QED) is 0.840. The third kappa shape index (κ3) is 3.56. The van der Waals surface area contributed by atoms with Crippen LogP contribution in [0.25, 0.3) is 0 Å². The molecule has 0 saturated carbocycles. The van der Waals surface area contributed by atoms with Gasteiger partial charge in [-0.1, -0.05) is 0 Å². The van der Waals surface area contributed by atoms with E-state index in [-0.39, 0.29) is 30.2 Å². The smallest absolute Gasteiger partial charge is 0.373 e. The number of ether oxygens (including phenoxy) is 1. The molecule has 0 aliphatic carbocycles. The standard InChI is InChI=1S/C13H16F3NO3S/c1-9-7-17(8-10(2)20-9)21(18,19)12-5-3-11(4-6-12)13(14,15)16/h3-6,9-10H,7-8H2,1-2H3. The van der Waals surface area contributed by atoms with E-state index in [9.17, 15) is 21.6 Å². The minimum absolute atomic E-state index is 0.142. The van der Waals surface area contributed by atoms with Gasteiger partial charge in [0.1, 0.15) is 0 Å². The average molecular weight is 323 g/mol. The van der Waals surface area contributed by atoms with Crippen molar-refractivity contribution in [1.82, 2.24) is 4.31 Å². The van der Waals surface area contributed by atoms with Crippen LogP contribution >= 0.6 is 0 Å². The van der Waals surface area contributed by atoms with Crippen LogP contribution in [0.15, 0.2) is 29.2 Å². The number of nitrogens with zero attached hydrogens (tertiary/aromatic N) is 1. The second-order valence-electron chi connectivity index (χ2n) is 5.10. The maximum atomic E-state index is 12.5. The van der Waals surface area contributed by atoms with E-state index in [1.54, 1.807) is 13.8 Å². The Hall–Kier alpha value is -1.12. The second kappa shape index (κ2) is 5.58. The van der Waals surface area contributed by atoms with Crippen LogP contribution in [0.4, 0.5) is 13.2 Å². The van der Waals surface area contributed by atoms with Crippen molar-refractivity contribution in [1.29, 1.82) is 0 Å². The molecule has 1 heterocycles. The number of benzene rings is 1. The summed E-state index contributed by atoms with van der Waals surface area (Å²) in [4.78, 5) is -0.142. The number of rotatable bonds is 2. The molecule has 1 saturated heterocycles. The van der Waals surface area contributed by atoms with Crippen LogP contribution in [-0.2, 0) is 20.9 Å². The molecule has 1 aliphatic rings. The molecule has 0 radical (unpaired) electrons. The van der Waals surface area contributed by atoms with E-state index in [0.717, 1.165) is 24.3 Å². The first-order valence-corrected chi connectivity index (χ1v) is 7.87. The van der Waals surface area contributed by atoms with Crippen molar-refractivity contribution in [2.75, 3.05) is 13.1 Å². The lowest BCUT2D eigenvalue weighted by Crippen LogP contribution is -2.48. The molecule has 1 aromatic carbocycles. The summed E-state index contributed by atoms with van der Waals surface area (Å²) >= 11 is 0. The van der Waals surface area contributed by atoms with Crippen LogP contribution in [0.2, 0.25) is 0 Å². The maximum absolute atomic E-state index is 12.5. The van der Waals surface area contributed by atoms with Crippen molar-refractivity contribution in [3.8, 4) is 0 Å². The van der Waals surface area contributed by atoms with E-state index in [2.05, 4.69) is 0 Å². The van der Waals surface area contributed by atoms with Gasteiger partial charge in [0, 0.05) is 13.1 Å². The third-order valence-corrected chi connectivity index (χ3v) is 5.05. The Balaban J connectivity index is 2.27. The van der Waals surface area contributed by atoms with Crippen LogP contribution in [0.1, 0.15) is 19.4 Å². The minimum atomic E-state index is -4.48. The molecule has 1 aromatic rings. The molecule has 2 rings (SSSR count). The van der Waals surface area contributed by atoms with Crippen molar-refractivity contribution >= 4 is 10.0 Å². The third-order valence-electron chi connectivity index (χ3n) is 3.21. The fourth-order valence-electron chi connectivity index (χ4n) is 2.29. The Labute approximate surface area is 121 Å². The molecule has 0 aromatic heterocycles. The van der Waals surface area contributed by atoms with Gasteiger partial charge in [-0.05, 0) is 38.1 Å². The van der Waals surface area contributed by atoms with Crippen LogP contribution in [0.3, 0.4) is 0 Å². The molecule has 0 spiro atoms. The number of hydrogen-bond acceptors (Lipinski definition) is 3. The van der Waals surface area contributed by atoms with E-state index in [1.807, 2.05) is 0 Å². The zero-order valence-electron chi connectivity index (χ0n) is 11.6. The molecule has 1 fully saturated rings. The Morgan fingerprint density at radius 2 is 1.57 bits per heavy atom. The van der Waals surface area contributed by atoms with Gasteiger partial charge >= 0.3 is 6.18 Å². The van der Waals surface area contributed by atoms with E-state index in [0.29, 0.717) is 0 Å². The summed E-state index contributed by atoms with van der Waals surface area (Å²) in [7, 11) is -3.80. The summed E-state index contributed by atoms with van der Waals surface area (Å²) in [5, 5.41) is 0. The topological polar surface area (TPSA) is 46.6 Å². The van der Waals surface area contributed by atoms with Gasteiger partial charge in [0.2, 0.25) is 10.0 Å². The van der Waals surface area contributed by atoms with Crippen LogP contribution in [0, 0.1) is 0 Å². The number of sulfonamides is 1. The lowest BCUT2D eigenvalue weighted by Gasteiger charge is -2.34. The molecule has 1 aliphatic heterocycles.